The van der Waals surface area contributed by atoms with Crippen LogP contribution in [0.15, 0.2) is 22.7 Å². The van der Waals surface area contributed by atoms with E-state index in [1.807, 2.05) is 32.0 Å². The second-order valence-electron chi connectivity index (χ2n) is 4.09. The Kier molecular flexibility index (Phi) is 4.73. The van der Waals surface area contributed by atoms with Crippen molar-refractivity contribution in [3.8, 4) is 6.01 Å². The minimum absolute atomic E-state index is 0.268. The Morgan fingerprint density at radius 3 is 2.60 bits per heavy atom. The van der Waals surface area contributed by atoms with Gasteiger partial charge in [-0.3, -0.25) is 0 Å². The Morgan fingerprint density at radius 2 is 1.95 bits per heavy atom. The first-order valence-corrected chi connectivity index (χ1v) is 6.98. The molecular formula is C13H16BrN5O. The van der Waals surface area contributed by atoms with Gasteiger partial charge in [-0.25, -0.2) is 0 Å². The summed E-state index contributed by atoms with van der Waals surface area (Å²) in [4.78, 5) is 12.6. The third-order valence-electron chi connectivity index (χ3n) is 2.56. The average Bonchev–Trinajstić information content (AvgIpc) is 2.43. The standard InChI is InChI=1S/C13H16BrN5O/c1-4-15-11-17-12(19-13(18-11)20-3)16-9-6-5-8(2)10(14)7-9/h5-7H,4H2,1-3H3,(H2,15,16,17,18,19). The van der Waals surface area contributed by atoms with Crippen LogP contribution in [0.1, 0.15) is 12.5 Å². The Labute approximate surface area is 126 Å². The molecule has 1 heterocycles. The lowest BCUT2D eigenvalue weighted by molar-refractivity contribution is 0.379. The summed E-state index contributed by atoms with van der Waals surface area (Å²) in [6.07, 6.45) is 0. The van der Waals surface area contributed by atoms with E-state index in [2.05, 4.69) is 41.5 Å². The predicted molar refractivity (Wildman–Crippen MR) is 82.7 cm³/mol. The van der Waals surface area contributed by atoms with Crippen LogP contribution in [0.4, 0.5) is 17.6 Å². The van der Waals surface area contributed by atoms with Crippen LogP contribution in [0.2, 0.25) is 0 Å². The number of nitrogens with zero attached hydrogens (tertiary/aromatic N) is 3. The van der Waals surface area contributed by atoms with E-state index in [1.54, 1.807) is 0 Å². The molecule has 0 unspecified atom stereocenters. The van der Waals surface area contributed by atoms with E-state index in [0.717, 1.165) is 22.3 Å². The van der Waals surface area contributed by atoms with Crippen molar-refractivity contribution in [2.75, 3.05) is 24.3 Å². The van der Waals surface area contributed by atoms with Crippen LogP contribution in [0.5, 0.6) is 6.01 Å². The molecule has 20 heavy (non-hydrogen) atoms. The van der Waals surface area contributed by atoms with Crippen LogP contribution in [0, 0.1) is 6.92 Å². The van der Waals surface area contributed by atoms with Crippen LogP contribution < -0.4 is 15.4 Å². The molecule has 0 aliphatic rings. The summed E-state index contributed by atoms with van der Waals surface area (Å²) in [7, 11) is 1.53. The summed E-state index contributed by atoms with van der Waals surface area (Å²) >= 11 is 3.50. The van der Waals surface area contributed by atoms with E-state index in [0.29, 0.717) is 11.9 Å². The zero-order chi connectivity index (χ0) is 14.5. The van der Waals surface area contributed by atoms with Crippen molar-refractivity contribution < 1.29 is 4.74 Å². The van der Waals surface area contributed by atoms with Crippen LogP contribution in [0.3, 0.4) is 0 Å². The van der Waals surface area contributed by atoms with Gasteiger partial charge in [-0.05, 0) is 31.5 Å². The summed E-state index contributed by atoms with van der Waals surface area (Å²) in [5.41, 5.74) is 2.05. The number of benzene rings is 1. The smallest absolute Gasteiger partial charge is 0.322 e. The molecule has 2 N–H and O–H groups in total. The highest BCUT2D eigenvalue weighted by molar-refractivity contribution is 9.10. The molecule has 0 radical (unpaired) electrons. The fourth-order valence-electron chi connectivity index (χ4n) is 1.54. The second-order valence-corrected chi connectivity index (χ2v) is 4.94. The zero-order valence-corrected chi connectivity index (χ0v) is 13.2. The van der Waals surface area contributed by atoms with Crippen molar-refractivity contribution in [2.45, 2.75) is 13.8 Å². The topological polar surface area (TPSA) is 72.0 Å². The highest BCUT2D eigenvalue weighted by Crippen LogP contribution is 2.23. The van der Waals surface area contributed by atoms with Gasteiger partial charge in [-0.15, -0.1) is 0 Å². The van der Waals surface area contributed by atoms with Crippen LogP contribution in [-0.2, 0) is 0 Å². The first-order valence-electron chi connectivity index (χ1n) is 6.19. The number of anilines is 3. The first kappa shape index (κ1) is 14.5. The molecule has 0 spiro atoms. The summed E-state index contributed by atoms with van der Waals surface area (Å²) in [5, 5.41) is 6.17. The van der Waals surface area contributed by atoms with E-state index in [-0.39, 0.29) is 6.01 Å². The first-order chi connectivity index (χ1) is 9.62. The molecular weight excluding hydrogens is 322 g/mol. The Morgan fingerprint density at radius 1 is 1.20 bits per heavy atom. The van der Waals surface area contributed by atoms with Gasteiger partial charge < -0.3 is 15.4 Å². The average molecular weight is 338 g/mol. The SMILES string of the molecule is CCNc1nc(Nc2ccc(C)c(Br)c2)nc(OC)n1. The third kappa shape index (κ3) is 3.57. The molecule has 0 atom stereocenters. The van der Waals surface area contributed by atoms with Gasteiger partial charge in [0, 0.05) is 16.7 Å². The van der Waals surface area contributed by atoms with Crippen molar-refractivity contribution in [3.05, 3.63) is 28.2 Å². The molecule has 7 heteroatoms. The van der Waals surface area contributed by atoms with Crippen molar-refractivity contribution in [3.63, 3.8) is 0 Å². The van der Waals surface area contributed by atoms with Crippen molar-refractivity contribution >= 4 is 33.5 Å². The van der Waals surface area contributed by atoms with Crippen LogP contribution in [0.25, 0.3) is 0 Å². The fraction of sp³-hybridized carbons (Fsp3) is 0.308. The number of halogens is 1. The number of aromatic nitrogens is 3. The van der Waals surface area contributed by atoms with Gasteiger partial charge in [-0.2, -0.15) is 15.0 Å². The normalized spacial score (nSPS) is 10.2. The number of hydrogen-bond donors (Lipinski definition) is 2. The van der Waals surface area contributed by atoms with Gasteiger partial charge in [0.1, 0.15) is 0 Å². The molecule has 1 aromatic carbocycles. The molecule has 0 saturated carbocycles. The maximum atomic E-state index is 5.07. The third-order valence-corrected chi connectivity index (χ3v) is 3.41. The lowest BCUT2D eigenvalue weighted by atomic mass is 10.2. The molecule has 0 fully saturated rings. The van der Waals surface area contributed by atoms with Crippen LogP contribution >= 0.6 is 15.9 Å². The van der Waals surface area contributed by atoms with Gasteiger partial charge in [0.25, 0.3) is 0 Å². The number of rotatable bonds is 5. The highest BCUT2D eigenvalue weighted by atomic mass is 79.9. The molecule has 1 aromatic heterocycles. The lowest BCUT2D eigenvalue weighted by Gasteiger charge is -2.09. The minimum Gasteiger partial charge on any atom is -0.467 e. The summed E-state index contributed by atoms with van der Waals surface area (Å²) < 4.78 is 6.09. The molecule has 2 aromatic rings. The van der Waals surface area contributed by atoms with Gasteiger partial charge in [0.15, 0.2) is 0 Å². The van der Waals surface area contributed by atoms with E-state index in [9.17, 15) is 0 Å². The summed E-state index contributed by atoms with van der Waals surface area (Å²) in [6, 6.07) is 6.21. The number of ether oxygens (including phenoxy) is 1. The van der Waals surface area contributed by atoms with Crippen LogP contribution in [-0.4, -0.2) is 28.6 Å². The largest absolute Gasteiger partial charge is 0.467 e. The lowest BCUT2D eigenvalue weighted by Crippen LogP contribution is -2.07. The Balaban J connectivity index is 2.27. The molecule has 0 aliphatic carbocycles. The molecule has 0 bridgehead atoms. The minimum atomic E-state index is 0.268. The highest BCUT2D eigenvalue weighted by Gasteiger charge is 2.07. The van der Waals surface area contributed by atoms with Gasteiger partial charge in [0.05, 0.1) is 7.11 Å². The molecule has 0 amide bonds. The van der Waals surface area contributed by atoms with E-state index in [4.69, 9.17) is 4.74 Å². The molecule has 0 saturated heterocycles. The van der Waals surface area contributed by atoms with E-state index < -0.39 is 0 Å². The van der Waals surface area contributed by atoms with Crippen molar-refractivity contribution in [2.24, 2.45) is 0 Å². The number of nitrogens with one attached hydrogen (secondary N) is 2. The Bertz CT molecular complexity index is 605. The fourth-order valence-corrected chi connectivity index (χ4v) is 1.92. The summed E-state index contributed by atoms with van der Waals surface area (Å²) in [5.74, 6) is 0.914. The summed E-state index contributed by atoms with van der Waals surface area (Å²) in [6.45, 7) is 4.73. The van der Waals surface area contributed by atoms with Gasteiger partial charge >= 0.3 is 6.01 Å². The van der Waals surface area contributed by atoms with Gasteiger partial charge in [0.2, 0.25) is 11.9 Å². The predicted octanol–water partition coefficient (Wildman–Crippen LogP) is 3.13. The monoisotopic (exact) mass is 337 g/mol. The van der Waals surface area contributed by atoms with Crippen molar-refractivity contribution in [1.29, 1.82) is 0 Å². The van der Waals surface area contributed by atoms with E-state index >= 15 is 0 Å². The number of aryl methyl sites for hydroxylation is 1. The molecule has 0 aliphatic heterocycles. The second kappa shape index (κ2) is 6.51. The van der Waals surface area contributed by atoms with Crippen molar-refractivity contribution in [1.82, 2.24) is 15.0 Å². The molecule has 106 valence electrons. The number of hydrogen-bond acceptors (Lipinski definition) is 6. The van der Waals surface area contributed by atoms with E-state index in [1.165, 1.54) is 7.11 Å². The zero-order valence-electron chi connectivity index (χ0n) is 11.6. The molecule has 2 rings (SSSR count). The van der Waals surface area contributed by atoms with Gasteiger partial charge in [-0.1, -0.05) is 22.0 Å². The Hall–Kier alpha value is -1.89. The maximum absolute atomic E-state index is 5.07. The number of methoxy groups -OCH3 is 1. The molecule has 6 nitrogen and oxygen atoms in total. The quantitative estimate of drug-likeness (QED) is 0.873. The maximum Gasteiger partial charge on any atom is 0.322 e.